The van der Waals surface area contributed by atoms with Gasteiger partial charge < -0.3 is 0 Å². The van der Waals surface area contributed by atoms with Crippen LogP contribution < -0.4 is 15.9 Å². The van der Waals surface area contributed by atoms with Crippen LogP contribution in [-0.2, 0) is 0 Å². The van der Waals surface area contributed by atoms with Crippen LogP contribution in [0, 0.1) is 20.8 Å². The van der Waals surface area contributed by atoms with Gasteiger partial charge in [-0.05, 0) is 115 Å². The first-order valence-electron chi connectivity index (χ1n) is 12.9. The molecule has 0 fully saturated rings. The molecule has 0 N–H and O–H groups in total. The SMILES string of the molecule is CC(=O)c1ccc(P(c2ccc(C)c(C)c2C)c2ccc(C(C)=O)c(C(C)=O)c2C(C)=O)c(C(C)=O)c1C(C)=O. The Morgan fingerprint density at radius 3 is 1.10 bits per heavy atom. The van der Waals surface area contributed by atoms with Crippen molar-refractivity contribution in [2.24, 2.45) is 0 Å². The van der Waals surface area contributed by atoms with E-state index < -0.39 is 31.1 Å². The van der Waals surface area contributed by atoms with Crippen LogP contribution in [0.15, 0.2) is 36.4 Å². The van der Waals surface area contributed by atoms with Gasteiger partial charge >= 0.3 is 0 Å². The third-order valence-electron chi connectivity index (χ3n) is 7.29. The highest BCUT2D eigenvalue weighted by Crippen LogP contribution is 2.40. The quantitative estimate of drug-likeness (QED) is 0.252. The van der Waals surface area contributed by atoms with E-state index in [2.05, 4.69) is 0 Å². The molecule has 0 radical (unpaired) electrons. The lowest BCUT2D eigenvalue weighted by atomic mass is 9.93. The van der Waals surface area contributed by atoms with Gasteiger partial charge in [0.15, 0.2) is 34.7 Å². The second kappa shape index (κ2) is 11.7. The van der Waals surface area contributed by atoms with E-state index in [1.165, 1.54) is 41.5 Å². The Morgan fingerprint density at radius 1 is 0.425 bits per heavy atom. The lowest BCUT2D eigenvalue weighted by molar-refractivity contribution is 0.0968. The van der Waals surface area contributed by atoms with Crippen LogP contribution in [0.1, 0.15) is 120 Å². The highest BCUT2D eigenvalue weighted by Gasteiger charge is 2.33. The van der Waals surface area contributed by atoms with Crippen molar-refractivity contribution in [2.75, 3.05) is 0 Å². The molecule has 3 aromatic rings. The van der Waals surface area contributed by atoms with Gasteiger partial charge in [-0.2, -0.15) is 0 Å². The molecular formula is C33H33O6P. The Bertz CT molecular complexity index is 1550. The minimum Gasteiger partial charge on any atom is -0.294 e. The molecule has 0 unspecified atom stereocenters. The number of ketones is 6. The Morgan fingerprint density at radius 2 is 0.775 bits per heavy atom. The molecule has 3 rings (SSSR count). The summed E-state index contributed by atoms with van der Waals surface area (Å²) in [6, 6.07) is 10.4. The molecule has 0 aliphatic heterocycles. The molecule has 0 spiro atoms. The third-order valence-corrected chi connectivity index (χ3v) is 9.96. The molecule has 7 heteroatoms. The van der Waals surface area contributed by atoms with Crippen LogP contribution in [0.25, 0.3) is 0 Å². The first-order chi connectivity index (χ1) is 18.6. The molecule has 0 saturated carbocycles. The minimum atomic E-state index is -1.72. The molecule has 206 valence electrons. The molecule has 40 heavy (non-hydrogen) atoms. The summed E-state index contributed by atoms with van der Waals surface area (Å²) in [6.45, 7) is 13.9. The van der Waals surface area contributed by atoms with Crippen LogP contribution in [0.2, 0.25) is 0 Å². The molecule has 3 aromatic carbocycles. The number of aryl methyl sites for hydroxylation is 1. The van der Waals surface area contributed by atoms with Crippen molar-refractivity contribution < 1.29 is 28.8 Å². The lowest BCUT2D eigenvalue weighted by Crippen LogP contribution is -2.32. The third kappa shape index (κ3) is 5.41. The molecule has 0 aliphatic rings. The summed E-state index contributed by atoms with van der Waals surface area (Å²) in [4.78, 5) is 77.3. The van der Waals surface area contributed by atoms with Gasteiger partial charge in [0.2, 0.25) is 0 Å². The highest BCUT2D eigenvalue weighted by molar-refractivity contribution is 7.80. The maximum atomic E-state index is 13.3. The van der Waals surface area contributed by atoms with E-state index in [1.54, 1.807) is 24.3 Å². The second-order valence-electron chi connectivity index (χ2n) is 10.1. The van der Waals surface area contributed by atoms with Gasteiger partial charge in [-0.15, -0.1) is 0 Å². The fourth-order valence-electron chi connectivity index (χ4n) is 5.16. The average Bonchev–Trinajstić information content (AvgIpc) is 2.87. The van der Waals surface area contributed by atoms with Crippen LogP contribution in [0.3, 0.4) is 0 Å². The van der Waals surface area contributed by atoms with Crippen molar-refractivity contribution in [1.82, 2.24) is 0 Å². The number of carbonyl (C=O) groups is 6. The Balaban J connectivity index is 2.68. The normalized spacial score (nSPS) is 10.9. The average molecular weight is 557 g/mol. The number of hydrogen-bond acceptors (Lipinski definition) is 6. The van der Waals surface area contributed by atoms with Crippen molar-refractivity contribution in [3.63, 3.8) is 0 Å². The number of carbonyl (C=O) groups excluding carboxylic acids is 6. The maximum Gasteiger partial charge on any atom is 0.161 e. The van der Waals surface area contributed by atoms with E-state index >= 15 is 0 Å². The van der Waals surface area contributed by atoms with E-state index in [-0.39, 0.29) is 44.9 Å². The zero-order chi connectivity index (χ0) is 30.2. The molecule has 0 saturated heterocycles. The first kappa shape index (κ1) is 30.6. The fourth-order valence-corrected chi connectivity index (χ4v) is 8.10. The molecule has 0 aliphatic carbocycles. The van der Waals surface area contributed by atoms with E-state index in [1.807, 2.05) is 32.9 Å². The van der Waals surface area contributed by atoms with Crippen LogP contribution in [0.4, 0.5) is 0 Å². The molecule has 0 amide bonds. The van der Waals surface area contributed by atoms with E-state index in [9.17, 15) is 28.8 Å². The number of rotatable bonds is 9. The molecule has 0 aromatic heterocycles. The number of hydrogen-bond donors (Lipinski definition) is 0. The zero-order valence-corrected chi connectivity index (χ0v) is 25.3. The minimum absolute atomic E-state index is 0.0445. The fraction of sp³-hybridized carbons (Fsp3) is 0.273. The van der Waals surface area contributed by atoms with E-state index in [0.29, 0.717) is 10.6 Å². The van der Waals surface area contributed by atoms with Crippen molar-refractivity contribution in [1.29, 1.82) is 0 Å². The molecular weight excluding hydrogens is 523 g/mol. The van der Waals surface area contributed by atoms with Gasteiger partial charge in [-0.3, -0.25) is 28.8 Å². The predicted molar refractivity (Wildman–Crippen MR) is 159 cm³/mol. The van der Waals surface area contributed by atoms with Gasteiger partial charge in [-0.25, -0.2) is 0 Å². The maximum absolute atomic E-state index is 13.3. The van der Waals surface area contributed by atoms with Crippen LogP contribution in [0.5, 0.6) is 0 Å². The van der Waals surface area contributed by atoms with Crippen molar-refractivity contribution in [3.05, 3.63) is 86.5 Å². The monoisotopic (exact) mass is 556 g/mol. The Kier molecular flexibility index (Phi) is 8.96. The summed E-state index contributed by atoms with van der Waals surface area (Å²) >= 11 is 0. The summed E-state index contributed by atoms with van der Waals surface area (Å²) in [6.07, 6.45) is 0. The van der Waals surface area contributed by atoms with Crippen molar-refractivity contribution in [2.45, 2.75) is 62.3 Å². The van der Waals surface area contributed by atoms with Gasteiger partial charge in [-0.1, -0.05) is 24.3 Å². The standard InChI is InChI=1S/C33H33O6P/c1-16-10-13-27(18(3)17(16)2)40(28-14-11-25(19(4)34)30(21(6)36)32(28)23(8)38)29-15-12-26(20(5)35)31(22(7)37)33(29)24(9)39/h10-15H,1-9H3. The van der Waals surface area contributed by atoms with Crippen molar-refractivity contribution in [3.8, 4) is 0 Å². The summed E-state index contributed by atoms with van der Waals surface area (Å²) in [5, 5.41) is 1.83. The lowest BCUT2D eigenvalue weighted by Gasteiger charge is -2.28. The van der Waals surface area contributed by atoms with Crippen LogP contribution >= 0.6 is 7.92 Å². The van der Waals surface area contributed by atoms with Gasteiger partial charge in [0.05, 0.1) is 0 Å². The smallest absolute Gasteiger partial charge is 0.161 e. The second-order valence-corrected chi connectivity index (χ2v) is 12.2. The first-order valence-corrected chi connectivity index (χ1v) is 14.2. The largest absolute Gasteiger partial charge is 0.294 e. The summed E-state index contributed by atoms with van der Waals surface area (Å²) in [7, 11) is -1.72. The molecule has 6 nitrogen and oxygen atoms in total. The topological polar surface area (TPSA) is 102 Å². The van der Waals surface area contributed by atoms with Gasteiger partial charge in [0.1, 0.15) is 0 Å². The number of benzene rings is 3. The van der Waals surface area contributed by atoms with Gasteiger partial charge in [0.25, 0.3) is 0 Å². The van der Waals surface area contributed by atoms with Crippen LogP contribution in [-0.4, -0.2) is 34.7 Å². The van der Waals surface area contributed by atoms with Crippen molar-refractivity contribution >= 4 is 58.5 Å². The highest BCUT2D eigenvalue weighted by atomic mass is 31.1. The number of Topliss-reactive ketones (excluding diaryl/α,β-unsaturated/α-hetero) is 6. The van der Waals surface area contributed by atoms with E-state index in [0.717, 1.165) is 22.0 Å². The Labute approximate surface area is 235 Å². The predicted octanol–water partition coefficient (Wildman–Crippen LogP) is 5.59. The summed E-state index contributed by atoms with van der Waals surface area (Å²) in [5.41, 5.74) is 3.66. The van der Waals surface area contributed by atoms with Gasteiger partial charge in [0, 0.05) is 33.4 Å². The summed E-state index contributed by atoms with van der Waals surface area (Å²) in [5.74, 6) is -2.33. The molecule has 0 bridgehead atoms. The zero-order valence-electron chi connectivity index (χ0n) is 24.4. The molecule has 0 atom stereocenters. The van der Waals surface area contributed by atoms with E-state index in [4.69, 9.17) is 0 Å². The molecule has 0 heterocycles. The summed E-state index contributed by atoms with van der Waals surface area (Å²) < 4.78 is 0. The Hall–Kier alpha value is -3.89.